The molecule has 3 aromatic carbocycles. The zero-order valence-corrected chi connectivity index (χ0v) is 22.6. The van der Waals surface area contributed by atoms with E-state index < -0.39 is 5.91 Å². The van der Waals surface area contributed by atoms with Gasteiger partial charge in [-0.15, -0.1) is 0 Å². The number of rotatable bonds is 9. The molecule has 0 aliphatic rings. The highest BCUT2D eigenvalue weighted by Crippen LogP contribution is 2.36. The Morgan fingerprint density at radius 2 is 1.71 bits per heavy atom. The lowest BCUT2D eigenvalue weighted by atomic mass is 10.1. The van der Waals surface area contributed by atoms with Crippen molar-refractivity contribution >= 4 is 67.0 Å². The number of nitrogens with zero attached hydrogens (tertiary/aromatic N) is 1. The van der Waals surface area contributed by atoms with Crippen molar-refractivity contribution in [3.63, 3.8) is 0 Å². The summed E-state index contributed by atoms with van der Waals surface area (Å²) in [6.45, 7) is 0.778. The molecule has 0 aliphatic heterocycles. The third kappa shape index (κ3) is 7.61. The maximum absolute atomic E-state index is 12.5. The molecule has 4 nitrogen and oxygen atoms in total. The third-order valence-electron chi connectivity index (χ3n) is 4.83. The quantitative estimate of drug-likeness (QED) is 0.151. The molecule has 0 fully saturated rings. The van der Waals surface area contributed by atoms with E-state index in [1.807, 2.05) is 30.3 Å². The van der Waals surface area contributed by atoms with Crippen molar-refractivity contribution < 1.29 is 9.53 Å². The Morgan fingerprint density at radius 1 is 1.00 bits per heavy atom. The fourth-order valence-electron chi connectivity index (χ4n) is 3.14. The molecule has 0 heterocycles. The molecule has 0 bridgehead atoms. The summed E-state index contributed by atoms with van der Waals surface area (Å²) < 4.78 is 7.27. The standard InChI is InChI=1S/C26H20Br2Cl2N2O2/c27-21-12-19(13-22(28)25(21)34-16-18-8-9-23(29)24(30)14-18)11-20(15-31)26(33)32-10-4-7-17-5-2-1-3-6-17/h1-3,5-6,8-9,11-14H,4,7,10,16H2,(H,32,33)/b20-11-. The van der Waals surface area contributed by atoms with Crippen LogP contribution in [0, 0.1) is 11.3 Å². The van der Waals surface area contributed by atoms with Gasteiger partial charge in [0.25, 0.3) is 5.91 Å². The number of halogens is 4. The highest BCUT2D eigenvalue weighted by atomic mass is 79.9. The number of carbonyl (C=O) groups excluding carboxylic acids is 1. The molecule has 0 unspecified atom stereocenters. The Kier molecular flexibility index (Phi) is 10.0. The minimum atomic E-state index is -0.400. The van der Waals surface area contributed by atoms with Crippen molar-refractivity contribution in [2.24, 2.45) is 0 Å². The van der Waals surface area contributed by atoms with Crippen LogP contribution >= 0.6 is 55.1 Å². The fraction of sp³-hybridized carbons (Fsp3) is 0.154. The minimum absolute atomic E-state index is 0.0305. The summed E-state index contributed by atoms with van der Waals surface area (Å²) >= 11 is 19.0. The van der Waals surface area contributed by atoms with E-state index in [0.29, 0.717) is 36.8 Å². The van der Waals surface area contributed by atoms with Gasteiger partial charge in [0, 0.05) is 6.54 Å². The molecular formula is C26H20Br2Cl2N2O2. The lowest BCUT2D eigenvalue weighted by Gasteiger charge is -2.12. The molecule has 0 radical (unpaired) electrons. The van der Waals surface area contributed by atoms with Gasteiger partial charge < -0.3 is 10.1 Å². The Labute approximate surface area is 225 Å². The predicted octanol–water partition coefficient (Wildman–Crippen LogP) is 7.75. The lowest BCUT2D eigenvalue weighted by molar-refractivity contribution is -0.117. The van der Waals surface area contributed by atoms with Crippen molar-refractivity contribution in [1.29, 1.82) is 5.26 Å². The summed E-state index contributed by atoms with van der Waals surface area (Å²) in [6.07, 6.45) is 3.19. The fourth-order valence-corrected chi connectivity index (χ4v) is 4.91. The number of hydrogen-bond acceptors (Lipinski definition) is 3. The van der Waals surface area contributed by atoms with Gasteiger partial charge in [0.1, 0.15) is 24.0 Å². The zero-order chi connectivity index (χ0) is 24.5. The van der Waals surface area contributed by atoms with Crippen LogP contribution in [0.15, 0.2) is 75.2 Å². The van der Waals surface area contributed by atoms with Crippen LogP contribution in [-0.4, -0.2) is 12.5 Å². The number of benzene rings is 3. The second-order valence-corrected chi connectivity index (χ2v) is 9.89. The molecule has 3 rings (SSSR count). The first-order chi connectivity index (χ1) is 16.4. The van der Waals surface area contributed by atoms with E-state index in [0.717, 1.165) is 18.4 Å². The molecule has 0 aliphatic carbocycles. The van der Waals surface area contributed by atoms with E-state index in [-0.39, 0.29) is 12.2 Å². The topological polar surface area (TPSA) is 62.1 Å². The maximum atomic E-state index is 12.5. The summed E-state index contributed by atoms with van der Waals surface area (Å²) in [5.74, 6) is 0.190. The average molecular weight is 623 g/mol. The van der Waals surface area contributed by atoms with Gasteiger partial charge in [-0.25, -0.2) is 0 Å². The van der Waals surface area contributed by atoms with Crippen LogP contribution in [0.25, 0.3) is 6.08 Å². The Bertz CT molecular complexity index is 1220. The highest BCUT2D eigenvalue weighted by Gasteiger charge is 2.13. The monoisotopic (exact) mass is 620 g/mol. The van der Waals surface area contributed by atoms with Gasteiger partial charge in [0.05, 0.1) is 19.0 Å². The molecule has 0 saturated heterocycles. The normalized spacial score (nSPS) is 11.1. The molecule has 0 spiro atoms. The van der Waals surface area contributed by atoms with E-state index in [1.54, 1.807) is 30.3 Å². The van der Waals surface area contributed by atoms with E-state index in [2.05, 4.69) is 49.3 Å². The molecular weight excluding hydrogens is 603 g/mol. The van der Waals surface area contributed by atoms with Crippen molar-refractivity contribution in [1.82, 2.24) is 5.32 Å². The first kappa shape index (κ1) is 26.3. The van der Waals surface area contributed by atoms with E-state index in [1.165, 1.54) is 5.56 Å². The molecule has 174 valence electrons. The first-order valence-electron chi connectivity index (χ1n) is 10.4. The smallest absolute Gasteiger partial charge is 0.261 e. The zero-order valence-electron chi connectivity index (χ0n) is 18.0. The van der Waals surface area contributed by atoms with E-state index >= 15 is 0 Å². The van der Waals surface area contributed by atoms with Crippen LogP contribution in [0.4, 0.5) is 0 Å². The van der Waals surface area contributed by atoms with Crippen molar-refractivity contribution in [3.8, 4) is 11.8 Å². The van der Waals surface area contributed by atoms with Gasteiger partial charge in [-0.1, -0.05) is 59.6 Å². The van der Waals surface area contributed by atoms with Crippen LogP contribution in [0.1, 0.15) is 23.1 Å². The number of nitriles is 1. The molecule has 1 amide bonds. The summed E-state index contributed by atoms with van der Waals surface area (Å²) in [5.41, 5.74) is 2.79. The average Bonchev–Trinajstić information content (AvgIpc) is 2.82. The number of aryl methyl sites for hydroxylation is 1. The van der Waals surface area contributed by atoms with Crippen LogP contribution in [0.5, 0.6) is 5.75 Å². The summed E-state index contributed by atoms with van der Waals surface area (Å²) in [5, 5.41) is 13.2. The number of hydrogen-bond donors (Lipinski definition) is 1. The van der Waals surface area contributed by atoms with Gasteiger partial charge in [-0.2, -0.15) is 5.26 Å². The predicted molar refractivity (Wildman–Crippen MR) is 144 cm³/mol. The first-order valence-corrected chi connectivity index (χ1v) is 12.7. The Hall–Kier alpha value is -2.30. The van der Waals surface area contributed by atoms with Crippen molar-refractivity contribution in [2.75, 3.05) is 6.54 Å². The van der Waals surface area contributed by atoms with Crippen LogP contribution in [-0.2, 0) is 17.8 Å². The SMILES string of the molecule is N#C/C(=C/c1cc(Br)c(OCc2ccc(Cl)c(Cl)c2)c(Br)c1)C(=O)NCCCc1ccccc1. The van der Waals surface area contributed by atoms with Gasteiger partial charge in [0.2, 0.25) is 0 Å². The number of nitrogens with one attached hydrogen (secondary N) is 1. The molecule has 8 heteroatoms. The Balaban J connectivity index is 1.62. The molecule has 0 saturated carbocycles. The maximum Gasteiger partial charge on any atom is 0.261 e. The van der Waals surface area contributed by atoms with Gasteiger partial charge >= 0.3 is 0 Å². The number of ether oxygens (including phenoxy) is 1. The van der Waals surface area contributed by atoms with Crippen LogP contribution in [0.2, 0.25) is 10.0 Å². The van der Waals surface area contributed by atoms with Gasteiger partial charge in [-0.05, 0) is 91.7 Å². The largest absolute Gasteiger partial charge is 0.487 e. The summed E-state index contributed by atoms with van der Waals surface area (Å²) in [4.78, 5) is 12.5. The van der Waals surface area contributed by atoms with Crippen LogP contribution in [0.3, 0.4) is 0 Å². The van der Waals surface area contributed by atoms with Crippen molar-refractivity contribution in [2.45, 2.75) is 19.4 Å². The second-order valence-electron chi connectivity index (χ2n) is 7.37. The van der Waals surface area contributed by atoms with Crippen LogP contribution < -0.4 is 10.1 Å². The minimum Gasteiger partial charge on any atom is -0.487 e. The molecule has 3 aromatic rings. The van der Waals surface area contributed by atoms with Gasteiger partial charge in [0.15, 0.2) is 0 Å². The van der Waals surface area contributed by atoms with Crippen molar-refractivity contribution in [3.05, 3.63) is 102 Å². The summed E-state index contributed by atoms with van der Waals surface area (Å²) in [6, 6.07) is 20.9. The van der Waals surface area contributed by atoms with Gasteiger partial charge in [-0.3, -0.25) is 4.79 Å². The van der Waals surface area contributed by atoms with E-state index in [9.17, 15) is 10.1 Å². The lowest BCUT2D eigenvalue weighted by Crippen LogP contribution is -2.25. The molecule has 1 N–H and O–H groups in total. The Morgan fingerprint density at radius 3 is 2.35 bits per heavy atom. The summed E-state index contributed by atoms with van der Waals surface area (Å²) in [7, 11) is 0. The number of carbonyl (C=O) groups is 1. The molecule has 34 heavy (non-hydrogen) atoms. The molecule has 0 aromatic heterocycles. The highest BCUT2D eigenvalue weighted by molar-refractivity contribution is 9.11. The number of amides is 1. The third-order valence-corrected chi connectivity index (χ3v) is 6.75. The second kappa shape index (κ2) is 13.0. The molecule has 0 atom stereocenters. The van der Waals surface area contributed by atoms with E-state index in [4.69, 9.17) is 27.9 Å².